The van der Waals surface area contributed by atoms with Gasteiger partial charge in [-0.25, -0.2) is 4.98 Å². The van der Waals surface area contributed by atoms with Crippen molar-refractivity contribution in [1.82, 2.24) is 19.7 Å². The average molecular weight is 476 g/mol. The minimum atomic E-state index is -0.164. The minimum absolute atomic E-state index is 0.164. The molecule has 1 saturated heterocycles. The summed E-state index contributed by atoms with van der Waals surface area (Å²) in [6.07, 6.45) is 13.5. The number of pyridine rings is 2. The maximum absolute atomic E-state index is 9.81. The molecule has 0 unspecified atom stereocenters. The van der Waals surface area contributed by atoms with Crippen molar-refractivity contribution in [1.29, 1.82) is 0 Å². The molecule has 35 heavy (non-hydrogen) atoms. The van der Waals surface area contributed by atoms with E-state index in [0.717, 1.165) is 86.1 Å². The summed E-state index contributed by atoms with van der Waals surface area (Å²) in [4.78, 5) is 9.10. The van der Waals surface area contributed by atoms with Crippen molar-refractivity contribution in [3.63, 3.8) is 0 Å². The molecule has 6 rings (SSSR count). The van der Waals surface area contributed by atoms with Crippen molar-refractivity contribution in [2.45, 2.75) is 75.3 Å². The van der Waals surface area contributed by atoms with Crippen molar-refractivity contribution in [2.75, 3.05) is 18.5 Å². The molecule has 3 fully saturated rings. The first-order chi connectivity index (χ1) is 17.2. The summed E-state index contributed by atoms with van der Waals surface area (Å²) in [5.41, 5.74) is 3.07. The van der Waals surface area contributed by atoms with Gasteiger partial charge in [-0.15, -0.1) is 0 Å². The molecule has 8 nitrogen and oxygen atoms in total. The maximum Gasteiger partial charge on any atom is 0.168 e. The molecule has 2 aliphatic carbocycles. The smallest absolute Gasteiger partial charge is 0.168 e. The molecule has 3 aliphatic rings. The highest BCUT2D eigenvalue weighted by molar-refractivity contribution is 5.57. The monoisotopic (exact) mass is 475 g/mol. The first kappa shape index (κ1) is 22.5. The number of nitrogens with one attached hydrogen (secondary N) is 1. The number of anilines is 2. The molecule has 8 heteroatoms. The number of rotatable bonds is 7. The predicted octanol–water partition coefficient (Wildman–Crippen LogP) is 5.46. The van der Waals surface area contributed by atoms with E-state index in [1.54, 1.807) is 6.20 Å². The van der Waals surface area contributed by atoms with Gasteiger partial charge in [0.2, 0.25) is 0 Å². The standard InChI is InChI=1S/C27H33N5O3/c33-22-5-1-18(2-6-22)24-15-20(7-11-28-24)30-26-16-23(8-12-29-26)35-25-17-32(21-3-4-21)31-27(25)19-9-13-34-14-10-19/h7-8,11-12,15-19,21-22,33H,1-6,9-10,13-14H2,(H,28,29,30). The van der Waals surface area contributed by atoms with Crippen molar-refractivity contribution in [2.24, 2.45) is 0 Å². The zero-order valence-corrected chi connectivity index (χ0v) is 20.0. The Hall–Kier alpha value is -2.97. The highest BCUT2D eigenvalue weighted by Gasteiger charge is 2.30. The van der Waals surface area contributed by atoms with Gasteiger partial charge < -0.3 is 19.9 Å². The fraction of sp³-hybridized carbons (Fsp3) is 0.519. The van der Waals surface area contributed by atoms with E-state index in [-0.39, 0.29) is 6.10 Å². The van der Waals surface area contributed by atoms with Crippen LogP contribution in [0.15, 0.2) is 42.9 Å². The van der Waals surface area contributed by atoms with Crippen LogP contribution in [0.2, 0.25) is 0 Å². The van der Waals surface area contributed by atoms with Crippen LogP contribution in [0, 0.1) is 0 Å². The SMILES string of the molecule is OC1CCC(c2cc(Nc3cc(Oc4cn(C5CC5)nc4C4CCOCC4)ccn3)ccn2)CC1. The van der Waals surface area contributed by atoms with Crippen LogP contribution < -0.4 is 10.1 Å². The fourth-order valence-corrected chi connectivity index (χ4v) is 5.19. The zero-order chi connectivity index (χ0) is 23.6. The third-order valence-electron chi connectivity index (χ3n) is 7.38. The van der Waals surface area contributed by atoms with E-state index < -0.39 is 0 Å². The Kier molecular flexibility index (Phi) is 6.39. The first-order valence-electron chi connectivity index (χ1n) is 12.9. The number of hydrogen-bond donors (Lipinski definition) is 2. The Labute approximate surface area is 205 Å². The van der Waals surface area contributed by atoms with Crippen LogP contribution in [0.1, 0.15) is 80.6 Å². The van der Waals surface area contributed by atoms with Gasteiger partial charge in [-0.2, -0.15) is 5.10 Å². The number of ether oxygens (including phenoxy) is 2. The molecule has 0 spiro atoms. The van der Waals surface area contributed by atoms with Crippen molar-refractivity contribution in [3.8, 4) is 11.5 Å². The Morgan fingerprint density at radius 1 is 0.914 bits per heavy atom. The van der Waals surface area contributed by atoms with E-state index in [4.69, 9.17) is 14.6 Å². The Morgan fingerprint density at radius 3 is 2.51 bits per heavy atom. The minimum Gasteiger partial charge on any atom is -0.454 e. The maximum atomic E-state index is 9.81. The fourth-order valence-electron chi connectivity index (χ4n) is 5.19. The van der Waals surface area contributed by atoms with Crippen LogP contribution in [0.5, 0.6) is 11.5 Å². The summed E-state index contributed by atoms with van der Waals surface area (Å²) in [5, 5.41) is 18.1. The first-order valence-corrected chi connectivity index (χ1v) is 12.9. The molecule has 2 saturated carbocycles. The Morgan fingerprint density at radius 2 is 1.71 bits per heavy atom. The van der Waals surface area contributed by atoms with Gasteiger partial charge in [-0.1, -0.05) is 0 Å². The van der Waals surface area contributed by atoms with Crippen LogP contribution in [0.25, 0.3) is 0 Å². The quantitative estimate of drug-likeness (QED) is 0.469. The van der Waals surface area contributed by atoms with E-state index in [1.807, 2.05) is 24.4 Å². The van der Waals surface area contributed by atoms with Crippen molar-refractivity contribution in [3.05, 3.63) is 54.2 Å². The third kappa shape index (κ3) is 5.33. The van der Waals surface area contributed by atoms with Crippen LogP contribution in [0.3, 0.4) is 0 Å². The second-order valence-electron chi connectivity index (χ2n) is 10.1. The topological polar surface area (TPSA) is 94.3 Å². The molecule has 2 N–H and O–H groups in total. The lowest BCUT2D eigenvalue weighted by Crippen LogP contribution is -2.17. The van der Waals surface area contributed by atoms with Gasteiger partial charge in [0.15, 0.2) is 5.75 Å². The largest absolute Gasteiger partial charge is 0.454 e. The van der Waals surface area contributed by atoms with Crippen molar-refractivity contribution < 1.29 is 14.6 Å². The van der Waals surface area contributed by atoms with Crippen LogP contribution in [-0.4, -0.2) is 44.2 Å². The molecule has 184 valence electrons. The summed E-state index contributed by atoms with van der Waals surface area (Å²) >= 11 is 0. The Bertz CT molecular complexity index is 1150. The molecule has 0 atom stereocenters. The van der Waals surface area contributed by atoms with Gasteiger partial charge >= 0.3 is 0 Å². The summed E-state index contributed by atoms with van der Waals surface area (Å²) in [6, 6.07) is 8.38. The molecule has 0 aromatic carbocycles. The van der Waals surface area contributed by atoms with E-state index in [9.17, 15) is 5.11 Å². The van der Waals surface area contributed by atoms with E-state index in [0.29, 0.717) is 17.9 Å². The van der Waals surface area contributed by atoms with Gasteiger partial charge in [0.05, 0.1) is 18.3 Å². The number of hydrogen-bond acceptors (Lipinski definition) is 7. The highest BCUT2D eigenvalue weighted by Crippen LogP contribution is 2.40. The van der Waals surface area contributed by atoms with Gasteiger partial charge in [0, 0.05) is 54.9 Å². The summed E-state index contributed by atoms with van der Waals surface area (Å²) in [5.74, 6) is 3.07. The molecule has 0 radical (unpaired) electrons. The number of aliphatic hydroxyl groups is 1. The van der Waals surface area contributed by atoms with Crippen molar-refractivity contribution >= 4 is 11.5 Å². The zero-order valence-electron chi connectivity index (χ0n) is 20.0. The van der Waals surface area contributed by atoms with E-state index in [2.05, 4.69) is 32.2 Å². The normalized spacial score (nSPS) is 23.2. The van der Waals surface area contributed by atoms with E-state index >= 15 is 0 Å². The van der Waals surface area contributed by atoms with Gasteiger partial charge in [-0.3, -0.25) is 9.67 Å². The molecular formula is C27H33N5O3. The number of nitrogens with zero attached hydrogens (tertiary/aromatic N) is 4. The molecule has 3 aromatic heterocycles. The second-order valence-corrected chi connectivity index (χ2v) is 10.1. The van der Waals surface area contributed by atoms with Gasteiger partial charge in [-0.05, 0) is 69.6 Å². The summed E-state index contributed by atoms with van der Waals surface area (Å²) < 4.78 is 14.0. The molecular weight excluding hydrogens is 442 g/mol. The van der Waals surface area contributed by atoms with Crippen LogP contribution >= 0.6 is 0 Å². The molecule has 1 aliphatic heterocycles. The van der Waals surface area contributed by atoms with Crippen LogP contribution in [-0.2, 0) is 4.74 Å². The van der Waals surface area contributed by atoms with E-state index in [1.165, 1.54) is 12.8 Å². The summed E-state index contributed by atoms with van der Waals surface area (Å²) in [7, 11) is 0. The molecule has 3 aromatic rings. The van der Waals surface area contributed by atoms with Gasteiger partial charge in [0.1, 0.15) is 17.3 Å². The lowest BCUT2D eigenvalue weighted by atomic mass is 9.85. The predicted molar refractivity (Wildman–Crippen MR) is 132 cm³/mol. The lowest BCUT2D eigenvalue weighted by molar-refractivity contribution is 0.0839. The number of aliphatic hydroxyl groups excluding tert-OH is 1. The molecule has 4 heterocycles. The number of aromatic nitrogens is 4. The third-order valence-corrected chi connectivity index (χ3v) is 7.38. The molecule has 0 amide bonds. The van der Waals surface area contributed by atoms with Gasteiger partial charge in [0.25, 0.3) is 0 Å². The summed E-state index contributed by atoms with van der Waals surface area (Å²) in [6.45, 7) is 1.55. The lowest BCUT2D eigenvalue weighted by Gasteiger charge is -2.25. The highest BCUT2D eigenvalue weighted by atomic mass is 16.5. The Balaban J connectivity index is 1.18. The second kappa shape index (κ2) is 9.95. The average Bonchev–Trinajstić information content (AvgIpc) is 3.66. The molecule has 0 bridgehead atoms. The van der Waals surface area contributed by atoms with Crippen LogP contribution in [0.4, 0.5) is 11.5 Å².